The highest BCUT2D eigenvalue weighted by Gasteiger charge is 2.27. The fraction of sp³-hybridized carbons (Fsp3) is 0.350. The molecule has 3 N–H and O–H groups in total. The van der Waals surface area contributed by atoms with Gasteiger partial charge < -0.3 is 15.5 Å². The van der Waals surface area contributed by atoms with E-state index in [0.29, 0.717) is 11.4 Å². The van der Waals surface area contributed by atoms with Crippen LogP contribution in [0.15, 0.2) is 48.7 Å². The lowest BCUT2D eigenvalue weighted by Crippen LogP contribution is -2.40. The van der Waals surface area contributed by atoms with Crippen molar-refractivity contribution in [1.29, 1.82) is 0 Å². The number of pyridine rings is 1. The zero-order valence-electron chi connectivity index (χ0n) is 14.9. The lowest BCUT2D eigenvalue weighted by Gasteiger charge is -2.33. The van der Waals surface area contributed by atoms with Crippen LogP contribution in [0.2, 0.25) is 0 Å². The number of anilines is 1. The average Bonchev–Trinajstić information content (AvgIpc) is 2.69. The van der Waals surface area contributed by atoms with Crippen LogP contribution < -0.4 is 5.32 Å². The second-order valence-corrected chi connectivity index (χ2v) is 6.75. The normalized spacial score (nSPS) is 16.6. The molecule has 1 aromatic carbocycles. The maximum absolute atomic E-state index is 12.2. The number of aliphatic hydroxyl groups is 1. The molecule has 1 fully saturated rings. The van der Waals surface area contributed by atoms with E-state index in [4.69, 9.17) is 5.11 Å². The molecule has 0 radical (unpaired) electrons. The summed E-state index contributed by atoms with van der Waals surface area (Å²) in [6.07, 6.45) is 2.68. The smallest absolute Gasteiger partial charge is 0.335 e. The Labute approximate surface area is 157 Å². The molecule has 1 aliphatic rings. The number of piperidine rings is 1. The van der Waals surface area contributed by atoms with Gasteiger partial charge in [0.05, 0.1) is 23.9 Å². The second-order valence-electron chi connectivity index (χ2n) is 6.75. The number of carbonyl (C=O) groups is 2. The van der Waals surface area contributed by atoms with Gasteiger partial charge in [-0.2, -0.15) is 0 Å². The maximum Gasteiger partial charge on any atom is 0.335 e. The molecule has 0 unspecified atom stereocenters. The monoisotopic (exact) mass is 369 g/mol. The highest BCUT2D eigenvalue weighted by molar-refractivity contribution is 5.94. The minimum absolute atomic E-state index is 0.131. The topological polar surface area (TPSA) is 103 Å². The third kappa shape index (κ3) is 5.12. The predicted molar refractivity (Wildman–Crippen MR) is 100 cm³/mol. The molecule has 0 aliphatic carbocycles. The van der Waals surface area contributed by atoms with Gasteiger partial charge in [-0.15, -0.1) is 0 Å². The molecule has 0 bridgehead atoms. The standard InChI is InChI=1S/C20H23N3O4/c24-18(22-16-5-3-4-15(12-16)20(26)27)13-23-10-7-14(8-11-23)19(25)17-6-1-2-9-21-17/h1-6,9,12,14,19,25H,7-8,10-11,13H2,(H,22,24)(H,26,27)/t19-/m0/s1. The zero-order chi connectivity index (χ0) is 19.2. The van der Waals surface area contributed by atoms with Crippen LogP contribution in [0.5, 0.6) is 0 Å². The molecule has 1 saturated heterocycles. The molecular formula is C20H23N3O4. The maximum atomic E-state index is 12.2. The van der Waals surface area contributed by atoms with Crippen LogP contribution in [0.3, 0.4) is 0 Å². The summed E-state index contributed by atoms with van der Waals surface area (Å²) in [5.74, 6) is -1.08. The molecule has 2 aromatic rings. The molecule has 7 heteroatoms. The highest BCUT2D eigenvalue weighted by Crippen LogP contribution is 2.29. The zero-order valence-corrected chi connectivity index (χ0v) is 14.9. The molecule has 1 atom stereocenters. The van der Waals surface area contributed by atoms with Gasteiger partial charge in [-0.25, -0.2) is 4.79 Å². The summed E-state index contributed by atoms with van der Waals surface area (Å²) >= 11 is 0. The Balaban J connectivity index is 1.48. The van der Waals surface area contributed by atoms with Crippen molar-refractivity contribution in [3.05, 3.63) is 59.9 Å². The number of hydrogen-bond donors (Lipinski definition) is 3. The molecule has 3 rings (SSSR count). The van der Waals surface area contributed by atoms with E-state index in [9.17, 15) is 14.7 Å². The van der Waals surface area contributed by atoms with Gasteiger partial charge in [0.1, 0.15) is 0 Å². The molecule has 0 spiro atoms. The molecule has 1 aromatic heterocycles. The van der Waals surface area contributed by atoms with Crippen LogP contribution in [0.4, 0.5) is 5.69 Å². The van der Waals surface area contributed by atoms with E-state index in [1.807, 2.05) is 23.1 Å². The number of benzene rings is 1. The molecule has 1 amide bonds. The number of carboxylic acid groups (broad SMARTS) is 1. The van der Waals surface area contributed by atoms with Crippen molar-refractivity contribution >= 4 is 17.6 Å². The van der Waals surface area contributed by atoms with Crippen molar-refractivity contribution in [2.45, 2.75) is 18.9 Å². The predicted octanol–water partition coefficient (Wildman–Crippen LogP) is 2.16. The Bertz CT molecular complexity index is 789. The van der Waals surface area contributed by atoms with Gasteiger partial charge in [-0.3, -0.25) is 14.7 Å². The number of carboxylic acids is 1. The summed E-state index contributed by atoms with van der Waals surface area (Å²) in [5.41, 5.74) is 1.30. The quantitative estimate of drug-likeness (QED) is 0.721. The Hall–Kier alpha value is -2.77. The summed E-state index contributed by atoms with van der Waals surface area (Å²) in [4.78, 5) is 29.5. The number of nitrogens with one attached hydrogen (secondary N) is 1. The largest absolute Gasteiger partial charge is 0.478 e. The Morgan fingerprint density at radius 3 is 2.63 bits per heavy atom. The highest BCUT2D eigenvalue weighted by atomic mass is 16.4. The fourth-order valence-electron chi connectivity index (χ4n) is 3.35. The van der Waals surface area contributed by atoms with Gasteiger partial charge in [0, 0.05) is 11.9 Å². The molecule has 0 saturated carbocycles. The molecule has 142 valence electrons. The van der Waals surface area contributed by atoms with Crippen molar-refractivity contribution in [3.8, 4) is 0 Å². The van der Waals surface area contributed by atoms with E-state index in [0.717, 1.165) is 25.9 Å². The number of amides is 1. The number of rotatable bonds is 6. The van der Waals surface area contributed by atoms with Crippen molar-refractivity contribution in [3.63, 3.8) is 0 Å². The first-order valence-corrected chi connectivity index (χ1v) is 8.97. The Morgan fingerprint density at radius 1 is 1.19 bits per heavy atom. The first-order chi connectivity index (χ1) is 13.0. The van der Waals surface area contributed by atoms with Gasteiger partial charge in [0.15, 0.2) is 0 Å². The van der Waals surface area contributed by atoms with Gasteiger partial charge in [-0.1, -0.05) is 12.1 Å². The van der Waals surface area contributed by atoms with Crippen LogP contribution in [0, 0.1) is 5.92 Å². The Kier molecular flexibility index (Phi) is 6.16. The van der Waals surface area contributed by atoms with E-state index >= 15 is 0 Å². The van der Waals surface area contributed by atoms with E-state index in [-0.39, 0.29) is 23.9 Å². The lowest BCUT2D eigenvalue weighted by atomic mass is 9.89. The number of carbonyl (C=O) groups excluding carboxylic acids is 1. The van der Waals surface area contributed by atoms with Crippen molar-refractivity contribution < 1.29 is 19.8 Å². The summed E-state index contributed by atoms with van der Waals surface area (Å²) in [6, 6.07) is 11.7. The molecule has 27 heavy (non-hydrogen) atoms. The van der Waals surface area contributed by atoms with Crippen LogP contribution in [0.25, 0.3) is 0 Å². The number of hydrogen-bond acceptors (Lipinski definition) is 5. The molecular weight excluding hydrogens is 346 g/mol. The number of aromatic nitrogens is 1. The molecule has 7 nitrogen and oxygen atoms in total. The van der Waals surface area contributed by atoms with Crippen LogP contribution in [-0.4, -0.2) is 51.6 Å². The first kappa shape index (κ1) is 19.0. The minimum Gasteiger partial charge on any atom is -0.478 e. The van der Waals surface area contributed by atoms with Crippen molar-refractivity contribution in [1.82, 2.24) is 9.88 Å². The summed E-state index contributed by atoms with van der Waals surface area (Å²) in [6.45, 7) is 1.68. The third-order valence-corrected chi connectivity index (χ3v) is 4.83. The second kappa shape index (κ2) is 8.75. The number of nitrogens with zero attached hydrogens (tertiary/aromatic N) is 2. The Morgan fingerprint density at radius 2 is 1.96 bits per heavy atom. The van der Waals surface area contributed by atoms with Crippen molar-refractivity contribution in [2.24, 2.45) is 5.92 Å². The third-order valence-electron chi connectivity index (χ3n) is 4.83. The number of aromatic carboxylic acids is 1. The summed E-state index contributed by atoms with van der Waals surface area (Å²) in [7, 11) is 0. The SMILES string of the molecule is O=C(CN1CCC([C@H](O)c2ccccn2)CC1)Nc1cccc(C(=O)O)c1. The minimum atomic E-state index is -1.03. The van der Waals surface area contributed by atoms with Crippen molar-refractivity contribution in [2.75, 3.05) is 25.0 Å². The van der Waals surface area contributed by atoms with Crippen LogP contribution >= 0.6 is 0 Å². The fourth-order valence-corrected chi connectivity index (χ4v) is 3.35. The molecule has 2 heterocycles. The average molecular weight is 369 g/mol. The van der Waals surface area contributed by atoms with E-state index < -0.39 is 12.1 Å². The van der Waals surface area contributed by atoms with Crippen LogP contribution in [-0.2, 0) is 4.79 Å². The number of aliphatic hydroxyl groups excluding tert-OH is 1. The summed E-state index contributed by atoms with van der Waals surface area (Å²) < 4.78 is 0. The summed E-state index contributed by atoms with van der Waals surface area (Å²) in [5, 5.41) is 22.2. The van der Waals surface area contributed by atoms with Gasteiger partial charge in [-0.05, 0) is 62.2 Å². The molecule has 1 aliphatic heterocycles. The van der Waals surface area contributed by atoms with Crippen LogP contribution in [0.1, 0.15) is 35.0 Å². The van der Waals surface area contributed by atoms with E-state index in [1.54, 1.807) is 18.3 Å². The van der Waals surface area contributed by atoms with E-state index in [1.165, 1.54) is 12.1 Å². The first-order valence-electron chi connectivity index (χ1n) is 8.97. The lowest BCUT2D eigenvalue weighted by molar-refractivity contribution is -0.117. The van der Waals surface area contributed by atoms with Gasteiger partial charge >= 0.3 is 5.97 Å². The number of likely N-dealkylation sites (tertiary alicyclic amines) is 1. The van der Waals surface area contributed by atoms with E-state index in [2.05, 4.69) is 10.3 Å². The van der Waals surface area contributed by atoms with Gasteiger partial charge in [0.2, 0.25) is 5.91 Å². The van der Waals surface area contributed by atoms with Gasteiger partial charge in [0.25, 0.3) is 0 Å².